The van der Waals surface area contributed by atoms with Crippen molar-refractivity contribution >= 4 is 11.7 Å². The summed E-state index contributed by atoms with van der Waals surface area (Å²) in [4.78, 5) is 16.7. The molecule has 2 rings (SSSR count). The summed E-state index contributed by atoms with van der Waals surface area (Å²) >= 11 is 0. The maximum absolute atomic E-state index is 12.9. The molecule has 0 fully saturated rings. The van der Waals surface area contributed by atoms with Gasteiger partial charge in [0.2, 0.25) is 0 Å². The van der Waals surface area contributed by atoms with Crippen LogP contribution in [-0.4, -0.2) is 56.7 Å². The smallest absolute Gasteiger partial charge is 0.322 e. The van der Waals surface area contributed by atoms with Crippen LogP contribution in [0.2, 0.25) is 0 Å². The van der Waals surface area contributed by atoms with E-state index in [4.69, 9.17) is 9.47 Å². The highest BCUT2D eigenvalue weighted by atomic mass is 16.5. The van der Waals surface area contributed by atoms with Crippen LogP contribution in [0, 0.1) is 0 Å². The topological polar surface area (TPSA) is 54.0 Å². The Bertz CT molecular complexity index is 720. The first kappa shape index (κ1) is 20.6. The lowest BCUT2D eigenvalue weighted by Crippen LogP contribution is -2.39. The lowest BCUT2D eigenvalue weighted by molar-refractivity contribution is 0.202. The number of carbonyl (C=O) groups excluding carboxylic acids is 1. The van der Waals surface area contributed by atoms with Gasteiger partial charge < -0.3 is 24.6 Å². The van der Waals surface area contributed by atoms with Crippen molar-refractivity contribution in [3.63, 3.8) is 0 Å². The second-order valence-corrected chi connectivity index (χ2v) is 6.44. The van der Waals surface area contributed by atoms with E-state index in [-0.39, 0.29) is 6.03 Å². The van der Waals surface area contributed by atoms with Gasteiger partial charge in [0.05, 0.1) is 13.7 Å². The minimum atomic E-state index is -0.145. The molecule has 0 saturated carbocycles. The minimum absolute atomic E-state index is 0.145. The molecule has 2 aromatic carbocycles. The third-order valence-corrected chi connectivity index (χ3v) is 4.04. The van der Waals surface area contributed by atoms with E-state index >= 15 is 0 Å². The average Bonchev–Trinajstić information content (AvgIpc) is 2.66. The van der Waals surface area contributed by atoms with Crippen molar-refractivity contribution in [3.8, 4) is 11.5 Å². The predicted molar refractivity (Wildman–Crippen MR) is 109 cm³/mol. The van der Waals surface area contributed by atoms with Crippen molar-refractivity contribution in [1.82, 2.24) is 9.80 Å². The molecule has 27 heavy (non-hydrogen) atoms. The van der Waals surface area contributed by atoms with E-state index in [1.165, 1.54) is 0 Å². The Kier molecular flexibility index (Phi) is 7.95. The van der Waals surface area contributed by atoms with Crippen molar-refractivity contribution in [2.75, 3.05) is 46.2 Å². The molecule has 0 aromatic heterocycles. The van der Waals surface area contributed by atoms with E-state index in [0.29, 0.717) is 36.9 Å². The SMILES string of the molecule is CCOc1cc(NC(=O)N(CCN(C)C)Cc2ccccc2)ccc1OC. The van der Waals surface area contributed by atoms with Crippen molar-refractivity contribution in [3.05, 3.63) is 54.1 Å². The highest BCUT2D eigenvalue weighted by Gasteiger charge is 2.15. The quantitative estimate of drug-likeness (QED) is 0.730. The van der Waals surface area contributed by atoms with Crippen LogP contribution in [0.15, 0.2) is 48.5 Å². The molecule has 6 nitrogen and oxygen atoms in total. The van der Waals surface area contributed by atoms with Crippen molar-refractivity contribution < 1.29 is 14.3 Å². The molecule has 2 amide bonds. The molecule has 0 unspecified atom stereocenters. The number of ether oxygens (including phenoxy) is 2. The largest absolute Gasteiger partial charge is 0.493 e. The molecule has 0 saturated heterocycles. The van der Waals surface area contributed by atoms with Gasteiger partial charge in [-0.05, 0) is 38.7 Å². The molecule has 0 atom stereocenters. The van der Waals surface area contributed by atoms with Crippen LogP contribution in [0.4, 0.5) is 10.5 Å². The van der Waals surface area contributed by atoms with Gasteiger partial charge in [-0.15, -0.1) is 0 Å². The van der Waals surface area contributed by atoms with Gasteiger partial charge in [-0.1, -0.05) is 30.3 Å². The van der Waals surface area contributed by atoms with Gasteiger partial charge in [-0.3, -0.25) is 0 Å². The monoisotopic (exact) mass is 371 g/mol. The first-order chi connectivity index (χ1) is 13.0. The number of nitrogens with zero attached hydrogens (tertiary/aromatic N) is 2. The van der Waals surface area contributed by atoms with Crippen LogP contribution >= 0.6 is 0 Å². The van der Waals surface area contributed by atoms with Gasteiger partial charge in [0.1, 0.15) is 0 Å². The average molecular weight is 371 g/mol. The van der Waals surface area contributed by atoms with E-state index in [9.17, 15) is 4.79 Å². The third-order valence-electron chi connectivity index (χ3n) is 4.04. The maximum atomic E-state index is 12.9. The van der Waals surface area contributed by atoms with E-state index in [0.717, 1.165) is 12.1 Å². The number of anilines is 1. The second kappa shape index (κ2) is 10.4. The summed E-state index contributed by atoms with van der Waals surface area (Å²) in [6, 6.07) is 15.2. The Morgan fingerprint density at radius 2 is 1.78 bits per heavy atom. The van der Waals surface area contributed by atoms with Crippen LogP contribution in [0.1, 0.15) is 12.5 Å². The zero-order chi connectivity index (χ0) is 19.6. The number of amides is 2. The number of nitrogens with one attached hydrogen (secondary N) is 1. The van der Waals surface area contributed by atoms with Crippen LogP contribution in [0.3, 0.4) is 0 Å². The Morgan fingerprint density at radius 1 is 1.04 bits per heavy atom. The number of hydrogen-bond acceptors (Lipinski definition) is 4. The highest BCUT2D eigenvalue weighted by Crippen LogP contribution is 2.30. The van der Waals surface area contributed by atoms with Crippen LogP contribution in [-0.2, 0) is 6.54 Å². The van der Waals surface area contributed by atoms with Crippen LogP contribution in [0.5, 0.6) is 11.5 Å². The molecule has 6 heteroatoms. The molecule has 0 aliphatic heterocycles. The number of benzene rings is 2. The summed E-state index contributed by atoms with van der Waals surface area (Å²) in [6.45, 7) is 4.40. The Hall–Kier alpha value is -2.73. The second-order valence-electron chi connectivity index (χ2n) is 6.44. The molecular weight excluding hydrogens is 342 g/mol. The predicted octanol–water partition coefficient (Wildman–Crippen LogP) is 3.69. The van der Waals surface area contributed by atoms with Gasteiger partial charge >= 0.3 is 6.03 Å². The summed E-state index contributed by atoms with van der Waals surface area (Å²) in [5.41, 5.74) is 1.77. The standard InChI is InChI=1S/C21H29N3O3/c1-5-27-20-15-18(11-12-19(20)26-4)22-21(25)24(14-13-23(2)3)16-17-9-7-6-8-10-17/h6-12,15H,5,13-14,16H2,1-4H3,(H,22,25). The van der Waals surface area contributed by atoms with Gasteiger partial charge in [-0.2, -0.15) is 0 Å². The zero-order valence-electron chi connectivity index (χ0n) is 16.6. The Balaban J connectivity index is 2.13. The van der Waals surface area contributed by atoms with Gasteiger partial charge in [0.15, 0.2) is 11.5 Å². The van der Waals surface area contributed by atoms with E-state index in [1.807, 2.05) is 57.4 Å². The molecule has 0 bridgehead atoms. The van der Waals surface area contributed by atoms with Gasteiger partial charge in [-0.25, -0.2) is 4.79 Å². The van der Waals surface area contributed by atoms with Crippen LogP contribution in [0.25, 0.3) is 0 Å². The third kappa shape index (κ3) is 6.49. The van der Waals surface area contributed by atoms with E-state index in [1.54, 1.807) is 24.1 Å². The minimum Gasteiger partial charge on any atom is -0.493 e. The number of hydrogen-bond donors (Lipinski definition) is 1. The number of rotatable bonds is 9. The van der Waals surface area contributed by atoms with Crippen molar-refractivity contribution in [2.45, 2.75) is 13.5 Å². The van der Waals surface area contributed by atoms with Gasteiger partial charge in [0.25, 0.3) is 0 Å². The normalized spacial score (nSPS) is 10.6. The molecule has 2 aromatic rings. The summed E-state index contributed by atoms with van der Waals surface area (Å²) in [5.74, 6) is 1.25. The van der Waals surface area contributed by atoms with Gasteiger partial charge in [0, 0.05) is 31.4 Å². The molecular formula is C21H29N3O3. The van der Waals surface area contributed by atoms with E-state index in [2.05, 4.69) is 10.2 Å². The highest BCUT2D eigenvalue weighted by molar-refractivity contribution is 5.89. The fourth-order valence-corrected chi connectivity index (χ4v) is 2.60. The fourth-order valence-electron chi connectivity index (χ4n) is 2.60. The summed E-state index contributed by atoms with van der Waals surface area (Å²) in [6.07, 6.45) is 0. The molecule has 1 N–H and O–H groups in total. The summed E-state index contributed by atoms with van der Waals surface area (Å²) in [7, 11) is 5.59. The number of likely N-dealkylation sites (N-methyl/N-ethyl adjacent to an activating group) is 1. The maximum Gasteiger partial charge on any atom is 0.322 e. The molecule has 0 radical (unpaired) electrons. The lowest BCUT2D eigenvalue weighted by Gasteiger charge is -2.25. The molecule has 0 aliphatic carbocycles. The Morgan fingerprint density at radius 3 is 2.41 bits per heavy atom. The number of urea groups is 1. The molecule has 0 heterocycles. The Labute approximate surface area is 161 Å². The molecule has 0 spiro atoms. The van der Waals surface area contributed by atoms with Crippen LogP contribution < -0.4 is 14.8 Å². The first-order valence-corrected chi connectivity index (χ1v) is 9.09. The molecule has 146 valence electrons. The first-order valence-electron chi connectivity index (χ1n) is 9.09. The summed E-state index contributed by atoms with van der Waals surface area (Å²) < 4.78 is 10.9. The fraction of sp³-hybridized carbons (Fsp3) is 0.381. The number of carbonyl (C=O) groups is 1. The lowest BCUT2D eigenvalue weighted by atomic mass is 10.2. The number of methoxy groups -OCH3 is 1. The molecule has 0 aliphatic rings. The summed E-state index contributed by atoms with van der Waals surface area (Å²) in [5, 5.41) is 2.97. The van der Waals surface area contributed by atoms with Crippen molar-refractivity contribution in [2.24, 2.45) is 0 Å². The zero-order valence-corrected chi connectivity index (χ0v) is 16.6. The van der Waals surface area contributed by atoms with Crippen molar-refractivity contribution in [1.29, 1.82) is 0 Å². The van der Waals surface area contributed by atoms with E-state index < -0.39 is 0 Å².